The van der Waals surface area contributed by atoms with Crippen LogP contribution in [0.5, 0.6) is 0 Å². The van der Waals surface area contributed by atoms with Crippen molar-refractivity contribution in [3.63, 3.8) is 0 Å². The van der Waals surface area contributed by atoms with Gasteiger partial charge in [-0.15, -0.1) is 12.1 Å². The predicted octanol–water partition coefficient (Wildman–Crippen LogP) is 3.20. The standard InChI is InChI=1S/C8H9.C2H6.W/c1-7-3-5-8(2)6-4-7;1-2;/h3-6H,1H2,2H3;1-2H3;/q-1;;. The van der Waals surface area contributed by atoms with Crippen LogP contribution >= 0.6 is 0 Å². The molecule has 0 saturated carbocycles. The second kappa shape index (κ2) is 7.88. The monoisotopic (exact) mass is 319 g/mol. The predicted molar refractivity (Wildman–Crippen MR) is 47.0 cm³/mol. The Bertz CT molecular complexity index is 144. The molecule has 0 amide bonds. The van der Waals surface area contributed by atoms with Crippen LogP contribution in [0.25, 0.3) is 0 Å². The average molecular weight is 319 g/mol. The maximum atomic E-state index is 3.76. The number of rotatable bonds is 0. The summed E-state index contributed by atoms with van der Waals surface area (Å²) in [6.07, 6.45) is 0. The van der Waals surface area contributed by atoms with E-state index in [-0.39, 0.29) is 21.1 Å². The van der Waals surface area contributed by atoms with E-state index >= 15 is 0 Å². The molecule has 0 aromatic heterocycles. The van der Waals surface area contributed by atoms with Crippen molar-refractivity contribution in [1.29, 1.82) is 0 Å². The van der Waals surface area contributed by atoms with Gasteiger partial charge < -0.3 is 0 Å². The fourth-order valence-electron chi connectivity index (χ4n) is 0.588. The maximum absolute atomic E-state index is 3.76. The van der Waals surface area contributed by atoms with Gasteiger partial charge in [-0.05, 0) is 6.92 Å². The van der Waals surface area contributed by atoms with Gasteiger partial charge in [0.1, 0.15) is 0 Å². The minimum absolute atomic E-state index is 0. The summed E-state index contributed by atoms with van der Waals surface area (Å²) in [5.74, 6) is 0. The van der Waals surface area contributed by atoms with Crippen LogP contribution in [0.4, 0.5) is 0 Å². The first-order valence-corrected chi connectivity index (χ1v) is 3.67. The molecular weight excluding hydrogens is 304 g/mol. The zero-order valence-corrected chi connectivity index (χ0v) is 10.4. The van der Waals surface area contributed by atoms with Gasteiger partial charge in [0.25, 0.3) is 0 Å². The Morgan fingerprint density at radius 1 is 1.00 bits per heavy atom. The molecule has 1 aromatic rings. The number of hydrogen-bond acceptors (Lipinski definition) is 0. The van der Waals surface area contributed by atoms with Gasteiger partial charge in [0.2, 0.25) is 0 Å². The van der Waals surface area contributed by atoms with Gasteiger partial charge in [0.05, 0.1) is 0 Å². The number of benzene rings is 1. The normalized spacial score (nSPS) is 7.18. The molecule has 1 aromatic carbocycles. The molecule has 0 unspecified atom stereocenters. The minimum atomic E-state index is 0. The molecule has 1 rings (SSSR count). The summed E-state index contributed by atoms with van der Waals surface area (Å²) in [5, 5.41) is 0. The van der Waals surface area contributed by atoms with Crippen molar-refractivity contribution >= 4 is 0 Å². The van der Waals surface area contributed by atoms with E-state index in [0.717, 1.165) is 5.56 Å². The van der Waals surface area contributed by atoms with Crippen LogP contribution in [-0.4, -0.2) is 0 Å². The Morgan fingerprint density at radius 3 is 1.64 bits per heavy atom. The summed E-state index contributed by atoms with van der Waals surface area (Å²) >= 11 is 0. The SMILES string of the molecule is CC.[CH2-]c1ccc(C)cc1.[W]. The number of hydrogen-bond donors (Lipinski definition) is 0. The van der Waals surface area contributed by atoms with E-state index in [4.69, 9.17) is 0 Å². The Kier molecular flexibility index (Phi) is 9.58. The molecule has 0 N–H and O–H groups in total. The second-order valence-corrected chi connectivity index (χ2v) is 1.99. The Hall–Kier alpha value is -0.222. The molecule has 0 aliphatic rings. The van der Waals surface area contributed by atoms with E-state index in [0.29, 0.717) is 0 Å². The quantitative estimate of drug-likeness (QED) is 0.644. The fraction of sp³-hybridized carbons (Fsp3) is 0.300. The van der Waals surface area contributed by atoms with Gasteiger partial charge in [0.15, 0.2) is 0 Å². The topological polar surface area (TPSA) is 0 Å². The zero-order chi connectivity index (χ0) is 7.98. The van der Waals surface area contributed by atoms with Gasteiger partial charge in [-0.2, -0.15) is 24.6 Å². The molecule has 0 saturated heterocycles. The molecule has 62 valence electrons. The minimum Gasteiger partial charge on any atom is -0.199 e. The van der Waals surface area contributed by atoms with Crippen molar-refractivity contribution < 1.29 is 21.1 Å². The van der Waals surface area contributed by atoms with Crippen molar-refractivity contribution in [2.45, 2.75) is 20.8 Å². The molecule has 0 fully saturated rings. The first-order chi connectivity index (χ1) is 4.79. The smallest absolute Gasteiger partial charge is 0 e. The van der Waals surface area contributed by atoms with Crippen molar-refractivity contribution in [3.05, 3.63) is 42.3 Å². The molecular formula is C10H15W-. The Morgan fingerprint density at radius 2 is 1.36 bits per heavy atom. The van der Waals surface area contributed by atoms with Crippen molar-refractivity contribution in [3.8, 4) is 0 Å². The zero-order valence-electron chi connectivity index (χ0n) is 7.42. The Balaban J connectivity index is 0. The third-order valence-electron chi connectivity index (χ3n) is 1.12. The molecule has 1 heteroatoms. The van der Waals surface area contributed by atoms with E-state index in [2.05, 4.69) is 26.0 Å². The van der Waals surface area contributed by atoms with Crippen molar-refractivity contribution in [2.24, 2.45) is 0 Å². The van der Waals surface area contributed by atoms with E-state index < -0.39 is 0 Å². The van der Waals surface area contributed by atoms with E-state index in [1.165, 1.54) is 5.56 Å². The van der Waals surface area contributed by atoms with Gasteiger partial charge in [-0.1, -0.05) is 19.4 Å². The molecule has 0 atom stereocenters. The first kappa shape index (κ1) is 13.4. The molecule has 0 radical (unpaired) electrons. The van der Waals surface area contributed by atoms with E-state index in [1.54, 1.807) is 0 Å². The average Bonchev–Trinajstić information content (AvgIpc) is 2.00. The van der Waals surface area contributed by atoms with Gasteiger partial charge >= 0.3 is 0 Å². The van der Waals surface area contributed by atoms with Crippen molar-refractivity contribution in [2.75, 3.05) is 0 Å². The second-order valence-electron chi connectivity index (χ2n) is 1.99. The van der Waals surface area contributed by atoms with Crippen LogP contribution in [0.2, 0.25) is 0 Å². The Labute approximate surface area is 84.3 Å². The molecule has 0 aliphatic carbocycles. The molecule has 11 heavy (non-hydrogen) atoms. The summed E-state index contributed by atoms with van der Waals surface area (Å²) in [4.78, 5) is 0. The van der Waals surface area contributed by atoms with Crippen LogP contribution in [0, 0.1) is 13.8 Å². The molecule has 0 heterocycles. The van der Waals surface area contributed by atoms with Gasteiger partial charge in [-0.3, -0.25) is 0 Å². The molecule has 0 nitrogen and oxygen atoms in total. The maximum Gasteiger partial charge on any atom is 0 e. The van der Waals surface area contributed by atoms with Crippen molar-refractivity contribution in [1.82, 2.24) is 0 Å². The molecule has 0 bridgehead atoms. The third kappa shape index (κ3) is 6.19. The first-order valence-electron chi connectivity index (χ1n) is 3.67. The van der Waals surface area contributed by atoms with Crippen LogP contribution in [-0.2, 0) is 21.1 Å². The molecule has 0 spiro atoms. The van der Waals surface area contributed by atoms with Crippen LogP contribution in [0.3, 0.4) is 0 Å². The fourth-order valence-corrected chi connectivity index (χ4v) is 0.588. The van der Waals surface area contributed by atoms with E-state index in [9.17, 15) is 0 Å². The van der Waals surface area contributed by atoms with Gasteiger partial charge in [-0.25, -0.2) is 0 Å². The summed E-state index contributed by atoms with van der Waals surface area (Å²) in [5.41, 5.74) is 2.37. The summed E-state index contributed by atoms with van der Waals surface area (Å²) in [7, 11) is 0. The third-order valence-corrected chi connectivity index (χ3v) is 1.12. The molecule has 0 aliphatic heterocycles. The van der Waals surface area contributed by atoms with Crippen LogP contribution < -0.4 is 0 Å². The number of aryl methyl sites for hydroxylation is 1. The van der Waals surface area contributed by atoms with Crippen LogP contribution in [0.1, 0.15) is 25.0 Å². The summed E-state index contributed by atoms with van der Waals surface area (Å²) < 4.78 is 0. The summed E-state index contributed by atoms with van der Waals surface area (Å²) in [6.45, 7) is 9.83. The summed E-state index contributed by atoms with van der Waals surface area (Å²) in [6, 6.07) is 8.13. The van der Waals surface area contributed by atoms with Gasteiger partial charge in [0, 0.05) is 21.1 Å². The van der Waals surface area contributed by atoms with E-state index in [1.807, 2.05) is 26.0 Å². The largest absolute Gasteiger partial charge is 0.199 e. The van der Waals surface area contributed by atoms with Crippen LogP contribution in [0.15, 0.2) is 24.3 Å².